The predicted octanol–water partition coefficient (Wildman–Crippen LogP) is 2.61. The predicted molar refractivity (Wildman–Crippen MR) is 66.9 cm³/mol. The molecular formula is C14H14O4. The molecule has 0 saturated heterocycles. The van der Waals surface area contributed by atoms with E-state index < -0.39 is 5.97 Å². The van der Waals surface area contributed by atoms with Gasteiger partial charge in [-0.25, -0.2) is 0 Å². The minimum Gasteiger partial charge on any atom is -0.492 e. The molecule has 0 amide bonds. The Labute approximate surface area is 105 Å². The van der Waals surface area contributed by atoms with Crippen LogP contribution in [0, 0.1) is 0 Å². The average Bonchev–Trinajstić information content (AvgIpc) is 2.51. The highest BCUT2D eigenvalue weighted by molar-refractivity contribution is 6.01. The molecule has 0 spiro atoms. The Bertz CT molecular complexity index is 529. The zero-order chi connectivity index (χ0) is 13.1. The summed E-state index contributed by atoms with van der Waals surface area (Å²) in [5, 5.41) is 0. The molecule has 0 heterocycles. The van der Waals surface area contributed by atoms with Crippen LogP contribution in [0.5, 0.6) is 11.5 Å². The Balaban J connectivity index is 2.58. The quantitative estimate of drug-likeness (QED) is 0.594. The van der Waals surface area contributed by atoms with Crippen LogP contribution in [-0.2, 0) is 4.79 Å². The van der Waals surface area contributed by atoms with Crippen molar-refractivity contribution in [2.75, 3.05) is 7.11 Å². The van der Waals surface area contributed by atoms with E-state index in [1.165, 1.54) is 14.0 Å². The standard InChI is InChI=1S/C14H14O4/c1-9(15)18-13-8-7-10-11(14(13)17-2)5-3-4-6-12(10)16/h3,5,7-8H,4,6H2,1-2H3. The Morgan fingerprint density at radius 1 is 1.33 bits per heavy atom. The van der Waals surface area contributed by atoms with Gasteiger partial charge in [-0.2, -0.15) is 0 Å². The minimum atomic E-state index is -0.419. The molecule has 1 aromatic carbocycles. The summed E-state index contributed by atoms with van der Waals surface area (Å²) >= 11 is 0. The van der Waals surface area contributed by atoms with Crippen LogP contribution in [-0.4, -0.2) is 18.9 Å². The SMILES string of the molecule is COc1c(OC(C)=O)ccc2c1C=CCCC2=O. The van der Waals surface area contributed by atoms with Crippen molar-refractivity contribution in [2.24, 2.45) is 0 Å². The van der Waals surface area contributed by atoms with Gasteiger partial charge < -0.3 is 9.47 Å². The topological polar surface area (TPSA) is 52.6 Å². The Morgan fingerprint density at radius 3 is 2.78 bits per heavy atom. The van der Waals surface area contributed by atoms with Gasteiger partial charge in [0.15, 0.2) is 17.3 Å². The molecule has 0 fully saturated rings. The number of carbonyl (C=O) groups excluding carboxylic acids is 2. The monoisotopic (exact) mass is 246 g/mol. The summed E-state index contributed by atoms with van der Waals surface area (Å²) in [6, 6.07) is 3.27. The van der Waals surface area contributed by atoms with E-state index >= 15 is 0 Å². The summed E-state index contributed by atoms with van der Waals surface area (Å²) < 4.78 is 10.3. The average molecular weight is 246 g/mol. The fraction of sp³-hybridized carbons (Fsp3) is 0.286. The molecule has 0 radical (unpaired) electrons. The number of fused-ring (bicyclic) bond motifs is 1. The van der Waals surface area contributed by atoms with Crippen LogP contribution < -0.4 is 9.47 Å². The third kappa shape index (κ3) is 2.27. The molecule has 4 heteroatoms. The van der Waals surface area contributed by atoms with Crippen LogP contribution in [0.1, 0.15) is 35.7 Å². The summed E-state index contributed by atoms with van der Waals surface area (Å²) in [6.07, 6.45) is 4.95. The highest BCUT2D eigenvalue weighted by Gasteiger charge is 2.20. The lowest BCUT2D eigenvalue weighted by Gasteiger charge is -2.13. The van der Waals surface area contributed by atoms with Gasteiger partial charge in [-0.1, -0.05) is 12.2 Å². The van der Waals surface area contributed by atoms with Crippen LogP contribution >= 0.6 is 0 Å². The number of methoxy groups -OCH3 is 1. The zero-order valence-electron chi connectivity index (χ0n) is 10.4. The van der Waals surface area contributed by atoms with Crippen molar-refractivity contribution in [1.29, 1.82) is 0 Å². The second-order valence-electron chi connectivity index (χ2n) is 4.02. The molecule has 1 aliphatic rings. The van der Waals surface area contributed by atoms with Crippen molar-refractivity contribution in [1.82, 2.24) is 0 Å². The van der Waals surface area contributed by atoms with E-state index in [1.54, 1.807) is 12.1 Å². The fourth-order valence-corrected chi connectivity index (χ4v) is 1.98. The summed E-state index contributed by atoms with van der Waals surface area (Å²) in [5.74, 6) is 0.414. The first kappa shape index (κ1) is 12.4. The van der Waals surface area contributed by atoms with Gasteiger partial charge in [0.05, 0.1) is 7.11 Å². The van der Waals surface area contributed by atoms with E-state index in [0.29, 0.717) is 35.5 Å². The lowest BCUT2D eigenvalue weighted by molar-refractivity contribution is -0.132. The van der Waals surface area contributed by atoms with Gasteiger partial charge in [0.2, 0.25) is 0 Å². The molecule has 2 rings (SSSR count). The number of benzene rings is 1. The molecule has 18 heavy (non-hydrogen) atoms. The highest BCUT2D eigenvalue weighted by Crippen LogP contribution is 2.36. The first-order valence-electron chi connectivity index (χ1n) is 5.72. The first-order chi connectivity index (χ1) is 8.63. The third-order valence-electron chi connectivity index (χ3n) is 2.74. The van der Waals surface area contributed by atoms with Crippen molar-refractivity contribution < 1.29 is 19.1 Å². The van der Waals surface area contributed by atoms with Crippen LogP contribution in [0.4, 0.5) is 0 Å². The van der Waals surface area contributed by atoms with Crippen molar-refractivity contribution in [3.63, 3.8) is 0 Å². The molecule has 0 atom stereocenters. The third-order valence-corrected chi connectivity index (χ3v) is 2.74. The van der Waals surface area contributed by atoms with Crippen LogP contribution in [0.15, 0.2) is 18.2 Å². The van der Waals surface area contributed by atoms with E-state index in [2.05, 4.69) is 0 Å². The molecule has 0 unspecified atom stereocenters. The summed E-state index contributed by atoms with van der Waals surface area (Å²) in [6.45, 7) is 1.33. The van der Waals surface area contributed by atoms with Gasteiger partial charge in [-0.05, 0) is 18.6 Å². The molecule has 94 valence electrons. The number of hydrogen-bond donors (Lipinski definition) is 0. The van der Waals surface area contributed by atoms with Crippen molar-refractivity contribution in [3.8, 4) is 11.5 Å². The minimum absolute atomic E-state index is 0.0719. The number of Topliss-reactive ketones (excluding diaryl/α,β-unsaturated/α-hetero) is 1. The lowest BCUT2D eigenvalue weighted by Crippen LogP contribution is -2.06. The van der Waals surface area contributed by atoms with E-state index in [0.717, 1.165) is 0 Å². The van der Waals surface area contributed by atoms with Crippen LogP contribution in [0.25, 0.3) is 6.08 Å². The van der Waals surface area contributed by atoms with Crippen molar-refractivity contribution in [2.45, 2.75) is 19.8 Å². The lowest BCUT2D eigenvalue weighted by atomic mass is 10.0. The van der Waals surface area contributed by atoms with Gasteiger partial charge in [0.1, 0.15) is 0 Å². The zero-order valence-corrected chi connectivity index (χ0v) is 10.4. The number of hydrogen-bond acceptors (Lipinski definition) is 4. The molecular weight excluding hydrogens is 232 g/mol. The smallest absolute Gasteiger partial charge is 0.308 e. The molecule has 0 bridgehead atoms. The van der Waals surface area contributed by atoms with Crippen LogP contribution in [0.3, 0.4) is 0 Å². The second-order valence-corrected chi connectivity index (χ2v) is 4.02. The number of esters is 1. The van der Waals surface area contributed by atoms with Crippen molar-refractivity contribution >= 4 is 17.8 Å². The number of rotatable bonds is 2. The molecule has 0 aliphatic heterocycles. The Kier molecular flexibility index (Phi) is 3.46. The van der Waals surface area contributed by atoms with Gasteiger partial charge in [0.25, 0.3) is 0 Å². The van der Waals surface area contributed by atoms with E-state index in [9.17, 15) is 9.59 Å². The number of ketones is 1. The first-order valence-corrected chi connectivity index (χ1v) is 5.72. The summed E-state index contributed by atoms with van der Waals surface area (Å²) in [4.78, 5) is 22.9. The molecule has 4 nitrogen and oxygen atoms in total. The second kappa shape index (κ2) is 5.04. The maximum absolute atomic E-state index is 11.9. The summed E-state index contributed by atoms with van der Waals surface area (Å²) in [5.41, 5.74) is 1.29. The number of allylic oxidation sites excluding steroid dienone is 1. The number of carbonyl (C=O) groups is 2. The van der Waals surface area contributed by atoms with Crippen molar-refractivity contribution in [3.05, 3.63) is 29.3 Å². The fourth-order valence-electron chi connectivity index (χ4n) is 1.98. The molecule has 0 aromatic heterocycles. The van der Waals surface area contributed by atoms with Gasteiger partial charge >= 0.3 is 5.97 Å². The maximum Gasteiger partial charge on any atom is 0.308 e. The molecule has 1 aromatic rings. The van der Waals surface area contributed by atoms with E-state index in [4.69, 9.17) is 9.47 Å². The maximum atomic E-state index is 11.9. The Morgan fingerprint density at radius 2 is 2.11 bits per heavy atom. The number of ether oxygens (including phenoxy) is 2. The van der Waals surface area contributed by atoms with Crippen LogP contribution in [0.2, 0.25) is 0 Å². The molecule has 0 saturated carbocycles. The normalized spacial score (nSPS) is 13.8. The van der Waals surface area contributed by atoms with Gasteiger partial charge in [0, 0.05) is 24.5 Å². The van der Waals surface area contributed by atoms with E-state index in [1.807, 2.05) is 12.2 Å². The summed E-state index contributed by atoms with van der Waals surface area (Å²) in [7, 11) is 1.49. The molecule has 0 N–H and O–H groups in total. The Hall–Kier alpha value is -2.10. The van der Waals surface area contributed by atoms with E-state index in [-0.39, 0.29) is 5.78 Å². The molecule has 1 aliphatic carbocycles. The van der Waals surface area contributed by atoms with Gasteiger partial charge in [-0.3, -0.25) is 9.59 Å². The van der Waals surface area contributed by atoms with Gasteiger partial charge in [-0.15, -0.1) is 0 Å². The largest absolute Gasteiger partial charge is 0.492 e. The highest BCUT2D eigenvalue weighted by atomic mass is 16.6.